The van der Waals surface area contributed by atoms with Crippen molar-refractivity contribution in [1.82, 2.24) is 5.43 Å². The third-order valence-corrected chi connectivity index (χ3v) is 2.20. The van der Waals surface area contributed by atoms with Gasteiger partial charge in [-0.15, -0.1) is 0 Å². The monoisotopic (exact) mass is 200 g/mol. The Balaban J connectivity index is 2.79. The summed E-state index contributed by atoms with van der Waals surface area (Å²) >= 11 is 0. The van der Waals surface area contributed by atoms with Crippen molar-refractivity contribution >= 4 is 0 Å². The van der Waals surface area contributed by atoms with Crippen molar-refractivity contribution in [2.45, 2.75) is 25.8 Å². The van der Waals surface area contributed by atoms with Crippen LogP contribution in [-0.4, -0.2) is 6.04 Å². The Kier molecular flexibility index (Phi) is 3.98. The minimum Gasteiger partial charge on any atom is -0.271 e. The second-order valence-corrected chi connectivity index (χ2v) is 3.21. The Morgan fingerprint density at radius 1 is 1.43 bits per heavy atom. The molecule has 0 aliphatic rings. The zero-order valence-electron chi connectivity index (χ0n) is 8.06. The number of rotatable bonds is 4. The lowest BCUT2D eigenvalue weighted by atomic mass is 10.0. The van der Waals surface area contributed by atoms with Crippen molar-refractivity contribution in [3.05, 3.63) is 35.4 Å². The number of halogens is 2. The molecule has 1 aromatic rings. The molecule has 0 fully saturated rings. The van der Waals surface area contributed by atoms with Crippen LogP contribution >= 0.6 is 0 Å². The van der Waals surface area contributed by atoms with E-state index in [4.69, 9.17) is 5.84 Å². The van der Waals surface area contributed by atoms with Crippen LogP contribution in [0.15, 0.2) is 18.2 Å². The van der Waals surface area contributed by atoms with E-state index in [1.165, 1.54) is 6.07 Å². The van der Waals surface area contributed by atoms with E-state index in [0.29, 0.717) is 12.0 Å². The molecule has 0 saturated heterocycles. The van der Waals surface area contributed by atoms with Gasteiger partial charge in [0.2, 0.25) is 0 Å². The highest BCUT2D eigenvalue weighted by atomic mass is 19.1. The third kappa shape index (κ3) is 2.75. The molecule has 0 aliphatic heterocycles. The van der Waals surface area contributed by atoms with E-state index < -0.39 is 5.82 Å². The van der Waals surface area contributed by atoms with Crippen molar-refractivity contribution in [1.29, 1.82) is 0 Å². The van der Waals surface area contributed by atoms with E-state index in [0.717, 1.165) is 18.6 Å². The molecule has 4 heteroatoms. The minimum atomic E-state index is -0.423. The van der Waals surface area contributed by atoms with E-state index in [1.807, 2.05) is 6.92 Å². The van der Waals surface area contributed by atoms with Crippen molar-refractivity contribution in [3.8, 4) is 0 Å². The van der Waals surface area contributed by atoms with Crippen LogP contribution in [0.2, 0.25) is 0 Å². The highest BCUT2D eigenvalue weighted by molar-refractivity contribution is 5.19. The smallest absolute Gasteiger partial charge is 0.126 e. The molecule has 1 aromatic carbocycles. The van der Waals surface area contributed by atoms with Gasteiger partial charge in [-0.05, 0) is 36.6 Å². The molecule has 1 atom stereocenters. The first kappa shape index (κ1) is 11.1. The molecule has 3 N–H and O–H groups in total. The van der Waals surface area contributed by atoms with Gasteiger partial charge in [-0.3, -0.25) is 11.3 Å². The van der Waals surface area contributed by atoms with Gasteiger partial charge in [-0.25, -0.2) is 8.78 Å². The Hall–Kier alpha value is -1.00. The van der Waals surface area contributed by atoms with Gasteiger partial charge in [0.15, 0.2) is 0 Å². The van der Waals surface area contributed by atoms with Crippen LogP contribution in [0.5, 0.6) is 0 Å². The average molecular weight is 200 g/mol. The van der Waals surface area contributed by atoms with E-state index >= 15 is 0 Å². The molecule has 14 heavy (non-hydrogen) atoms. The van der Waals surface area contributed by atoms with Gasteiger partial charge in [0.1, 0.15) is 11.6 Å². The fraction of sp³-hybridized carbons (Fsp3) is 0.400. The standard InChI is InChI=1S/C10H14F2N2/c1-2-9(14-13)6-7-5-8(11)3-4-10(7)12/h3-5,9,14H,2,6,13H2,1H3. The van der Waals surface area contributed by atoms with Crippen LogP contribution in [0.4, 0.5) is 8.78 Å². The number of hydrazine groups is 1. The van der Waals surface area contributed by atoms with Gasteiger partial charge in [0, 0.05) is 6.04 Å². The lowest BCUT2D eigenvalue weighted by Gasteiger charge is -2.13. The van der Waals surface area contributed by atoms with Crippen molar-refractivity contribution in [3.63, 3.8) is 0 Å². The highest BCUT2D eigenvalue weighted by Crippen LogP contribution is 2.12. The molecule has 0 heterocycles. The van der Waals surface area contributed by atoms with E-state index in [-0.39, 0.29) is 11.9 Å². The number of benzene rings is 1. The SMILES string of the molecule is CCC(Cc1cc(F)ccc1F)NN. The zero-order chi connectivity index (χ0) is 10.6. The maximum atomic E-state index is 13.2. The minimum absolute atomic E-state index is 0.0219. The molecule has 0 radical (unpaired) electrons. The first-order chi connectivity index (χ1) is 6.67. The summed E-state index contributed by atoms with van der Waals surface area (Å²) in [4.78, 5) is 0. The van der Waals surface area contributed by atoms with E-state index in [1.54, 1.807) is 0 Å². The highest BCUT2D eigenvalue weighted by Gasteiger charge is 2.09. The second kappa shape index (κ2) is 5.02. The number of nitrogens with one attached hydrogen (secondary N) is 1. The molecule has 2 nitrogen and oxygen atoms in total. The average Bonchev–Trinajstić information content (AvgIpc) is 2.19. The predicted octanol–water partition coefficient (Wildman–Crippen LogP) is 1.75. The topological polar surface area (TPSA) is 38.0 Å². The maximum absolute atomic E-state index is 13.2. The van der Waals surface area contributed by atoms with Crippen molar-refractivity contribution in [2.75, 3.05) is 0 Å². The molecule has 0 amide bonds. The van der Waals surface area contributed by atoms with Crippen LogP contribution in [0.3, 0.4) is 0 Å². The largest absolute Gasteiger partial charge is 0.271 e. The number of hydrogen-bond donors (Lipinski definition) is 2. The molecule has 0 saturated carbocycles. The Labute approximate surface area is 82.1 Å². The van der Waals surface area contributed by atoms with Crippen LogP contribution in [0.1, 0.15) is 18.9 Å². The van der Waals surface area contributed by atoms with Crippen LogP contribution in [-0.2, 0) is 6.42 Å². The van der Waals surface area contributed by atoms with Gasteiger partial charge in [-0.2, -0.15) is 0 Å². The Bertz CT molecular complexity index is 298. The molecule has 0 aliphatic carbocycles. The maximum Gasteiger partial charge on any atom is 0.126 e. The molecule has 0 bridgehead atoms. The van der Waals surface area contributed by atoms with Crippen LogP contribution < -0.4 is 11.3 Å². The zero-order valence-corrected chi connectivity index (χ0v) is 8.06. The van der Waals surface area contributed by atoms with E-state index in [9.17, 15) is 8.78 Å². The molecule has 0 spiro atoms. The summed E-state index contributed by atoms with van der Waals surface area (Å²) in [6.45, 7) is 1.93. The van der Waals surface area contributed by atoms with E-state index in [2.05, 4.69) is 5.43 Å². The summed E-state index contributed by atoms with van der Waals surface area (Å²) in [5, 5.41) is 0. The Morgan fingerprint density at radius 2 is 2.14 bits per heavy atom. The lowest BCUT2D eigenvalue weighted by molar-refractivity contribution is 0.493. The predicted molar refractivity (Wildman–Crippen MR) is 51.5 cm³/mol. The van der Waals surface area contributed by atoms with Gasteiger partial charge in [0.05, 0.1) is 0 Å². The number of hydrogen-bond acceptors (Lipinski definition) is 2. The first-order valence-electron chi connectivity index (χ1n) is 4.57. The summed E-state index contributed by atoms with van der Waals surface area (Å²) in [6, 6.07) is 3.42. The van der Waals surface area contributed by atoms with Gasteiger partial charge < -0.3 is 0 Å². The van der Waals surface area contributed by atoms with Crippen LogP contribution in [0.25, 0.3) is 0 Å². The third-order valence-electron chi connectivity index (χ3n) is 2.20. The van der Waals surface area contributed by atoms with Gasteiger partial charge in [-0.1, -0.05) is 6.92 Å². The molecular weight excluding hydrogens is 186 g/mol. The molecule has 1 unspecified atom stereocenters. The number of nitrogens with two attached hydrogens (primary N) is 1. The summed E-state index contributed by atoms with van der Waals surface area (Å²) in [5.41, 5.74) is 2.91. The van der Waals surface area contributed by atoms with Gasteiger partial charge in [0.25, 0.3) is 0 Å². The molecule has 1 rings (SSSR count). The Morgan fingerprint density at radius 3 is 2.71 bits per heavy atom. The molecular formula is C10H14F2N2. The van der Waals surface area contributed by atoms with Crippen molar-refractivity contribution in [2.24, 2.45) is 5.84 Å². The summed E-state index contributed by atoms with van der Waals surface area (Å²) in [5.74, 6) is 4.44. The normalized spacial score (nSPS) is 12.9. The van der Waals surface area contributed by atoms with Crippen molar-refractivity contribution < 1.29 is 8.78 Å². The van der Waals surface area contributed by atoms with Crippen LogP contribution in [0, 0.1) is 11.6 Å². The second-order valence-electron chi connectivity index (χ2n) is 3.21. The molecule has 78 valence electrons. The lowest BCUT2D eigenvalue weighted by Crippen LogP contribution is -2.36. The summed E-state index contributed by atoms with van der Waals surface area (Å²) in [7, 11) is 0. The summed E-state index contributed by atoms with van der Waals surface area (Å²) in [6.07, 6.45) is 1.17. The first-order valence-corrected chi connectivity index (χ1v) is 4.57. The fourth-order valence-corrected chi connectivity index (χ4v) is 1.29. The fourth-order valence-electron chi connectivity index (χ4n) is 1.29. The molecule has 0 aromatic heterocycles. The van der Waals surface area contributed by atoms with Gasteiger partial charge >= 0.3 is 0 Å². The quantitative estimate of drug-likeness (QED) is 0.574. The summed E-state index contributed by atoms with van der Waals surface area (Å²) < 4.78 is 26.0.